The van der Waals surface area contributed by atoms with E-state index in [1.54, 1.807) is 0 Å². The average Bonchev–Trinajstić information content (AvgIpc) is 3.16. The summed E-state index contributed by atoms with van der Waals surface area (Å²) in [6, 6.07) is 7.33. The lowest BCUT2D eigenvalue weighted by atomic mass is 10.3. The number of amides is 1. The summed E-state index contributed by atoms with van der Waals surface area (Å²) in [6.07, 6.45) is 3.80. The van der Waals surface area contributed by atoms with E-state index in [1.165, 1.54) is 0 Å². The van der Waals surface area contributed by atoms with Gasteiger partial charge >= 0.3 is 0 Å². The molecule has 3 rings (SSSR count). The highest BCUT2D eigenvalue weighted by Crippen LogP contribution is 2.18. The number of piperazine rings is 1. The van der Waals surface area contributed by atoms with Crippen LogP contribution < -0.4 is 14.4 Å². The Morgan fingerprint density at radius 2 is 1.69 bits per heavy atom. The number of hydrogen-bond acceptors (Lipinski definition) is 5. The predicted molar refractivity (Wildman–Crippen MR) is 99.8 cm³/mol. The van der Waals surface area contributed by atoms with E-state index in [-0.39, 0.29) is 12.5 Å². The van der Waals surface area contributed by atoms with Crippen LogP contribution >= 0.6 is 0 Å². The molecule has 1 aliphatic rings. The smallest absolute Gasteiger partial charge is 0.260 e. The molecular weight excluding hydrogens is 332 g/mol. The molecule has 2 heterocycles. The van der Waals surface area contributed by atoms with Crippen molar-refractivity contribution in [2.75, 3.05) is 44.3 Å². The lowest BCUT2D eigenvalue weighted by Gasteiger charge is -2.35. The Balaban J connectivity index is 1.46. The van der Waals surface area contributed by atoms with Gasteiger partial charge in [-0.1, -0.05) is 0 Å². The molecule has 1 fully saturated rings. The second kappa shape index (κ2) is 8.60. The molecule has 1 saturated heterocycles. The highest BCUT2D eigenvalue weighted by Gasteiger charge is 2.23. The van der Waals surface area contributed by atoms with Crippen molar-refractivity contribution in [3.8, 4) is 11.5 Å². The number of rotatable bonds is 7. The number of aryl methyl sites for hydroxylation is 1. The van der Waals surface area contributed by atoms with Crippen LogP contribution in [-0.2, 0) is 11.3 Å². The monoisotopic (exact) mass is 358 g/mol. The molecule has 0 spiro atoms. The number of benzene rings is 1. The first-order chi connectivity index (χ1) is 12.7. The Bertz CT molecular complexity index is 706. The summed E-state index contributed by atoms with van der Waals surface area (Å²) in [7, 11) is 0. The Hall–Kier alpha value is -2.70. The molecule has 1 amide bonds. The zero-order valence-corrected chi connectivity index (χ0v) is 15.4. The van der Waals surface area contributed by atoms with Gasteiger partial charge in [0.2, 0.25) is 5.95 Å². The number of anilines is 1. The van der Waals surface area contributed by atoms with Crippen LogP contribution in [0.25, 0.3) is 0 Å². The maximum atomic E-state index is 12.4. The predicted octanol–water partition coefficient (Wildman–Crippen LogP) is 2.03. The summed E-state index contributed by atoms with van der Waals surface area (Å²) in [5.41, 5.74) is 0. The summed E-state index contributed by atoms with van der Waals surface area (Å²) < 4.78 is 13.1. The molecule has 0 unspecified atom stereocenters. The van der Waals surface area contributed by atoms with Crippen molar-refractivity contribution in [1.82, 2.24) is 14.5 Å². The van der Waals surface area contributed by atoms with Gasteiger partial charge in [0, 0.05) is 45.1 Å². The number of carbonyl (C=O) groups excluding carboxylic acids is 1. The van der Waals surface area contributed by atoms with Crippen LogP contribution in [0.3, 0.4) is 0 Å². The molecule has 1 aromatic heterocycles. The van der Waals surface area contributed by atoms with Crippen molar-refractivity contribution in [1.29, 1.82) is 0 Å². The van der Waals surface area contributed by atoms with Crippen molar-refractivity contribution in [2.45, 2.75) is 20.4 Å². The number of nitrogens with zero attached hydrogens (tertiary/aromatic N) is 4. The largest absolute Gasteiger partial charge is 0.494 e. The fraction of sp³-hybridized carbons (Fsp3) is 0.474. The molecule has 26 heavy (non-hydrogen) atoms. The van der Waals surface area contributed by atoms with E-state index in [0.717, 1.165) is 31.3 Å². The zero-order valence-electron chi connectivity index (χ0n) is 15.4. The highest BCUT2D eigenvalue weighted by molar-refractivity contribution is 5.78. The molecule has 2 aromatic rings. The fourth-order valence-corrected chi connectivity index (χ4v) is 3.02. The Morgan fingerprint density at radius 1 is 1.04 bits per heavy atom. The molecule has 0 N–H and O–H groups in total. The van der Waals surface area contributed by atoms with Crippen molar-refractivity contribution in [2.24, 2.45) is 0 Å². The lowest BCUT2D eigenvalue weighted by Crippen LogP contribution is -2.50. The van der Waals surface area contributed by atoms with Gasteiger partial charge in [-0.05, 0) is 38.1 Å². The molecule has 0 radical (unpaired) electrons. The minimum Gasteiger partial charge on any atom is -0.494 e. The summed E-state index contributed by atoms with van der Waals surface area (Å²) >= 11 is 0. The third-order valence-electron chi connectivity index (χ3n) is 4.45. The van der Waals surface area contributed by atoms with Gasteiger partial charge in [0.15, 0.2) is 6.61 Å². The number of carbonyl (C=O) groups is 1. The fourth-order valence-electron chi connectivity index (χ4n) is 3.02. The van der Waals surface area contributed by atoms with Crippen molar-refractivity contribution in [3.05, 3.63) is 36.7 Å². The topological polar surface area (TPSA) is 59.8 Å². The molecule has 7 nitrogen and oxygen atoms in total. The van der Waals surface area contributed by atoms with Gasteiger partial charge in [0.05, 0.1) is 6.61 Å². The zero-order chi connectivity index (χ0) is 18.4. The van der Waals surface area contributed by atoms with Crippen LogP contribution in [0, 0.1) is 0 Å². The normalized spacial score (nSPS) is 14.4. The van der Waals surface area contributed by atoms with Crippen LogP contribution in [0.15, 0.2) is 36.7 Å². The maximum absolute atomic E-state index is 12.4. The SMILES string of the molecule is CCOc1ccc(OCC(=O)N2CCN(c3nccn3CC)CC2)cc1. The maximum Gasteiger partial charge on any atom is 0.260 e. The summed E-state index contributed by atoms with van der Waals surface area (Å²) in [6.45, 7) is 8.55. The summed E-state index contributed by atoms with van der Waals surface area (Å²) in [4.78, 5) is 20.9. The minimum absolute atomic E-state index is 0.0115. The van der Waals surface area contributed by atoms with E-state index < -0.39 is 0 Å². The summed E-state index contributed by atoms with van der Waals surface area (Å²) in [5, 5.41) is 0. The van der Waals surface area contributed by atoms with Crippen molar-refractivity contribution >= 4 is 11.9 Å². The lowest BCUT2D eigenvalue weighted by molar-refractivity contribution is -0.133. The number of hydrogen-bond donors (Lipinski definition) is 0. The Morgan fingerprint density at radius 3 is 2.31 bits per heavy atom. The van der Waals surface area contributed by atoms with Crippen molar-refractivity contribution in [3.63, 3.8) is 0 Å². The molecule has 0 bridgehead atoms. The molecule has 1 aliphatic heterocycles. The second-order valence-corrected chi connectivity index (χ2v) is 6.07. The third kappa shape index (κ3) is 4.28. The van der Waals surface area contributed by atoms with E-state index in [2.05, 4.69) is 21.4 Å². The third-order valence-corrected chi connectivity index (χ3v) is 4.45. The molecule has 7 heteroatoms. The van der Waals surface area contributed by atoms with E-state index in [1.807, 2.05) is 48.5 Å². The number of imidazole rings is 1. The number of ether oxygens (including phenoxy) is 2. The van der Waals surface area contributed by atoms with Gasteiger partial charge < -0.3 is 23.8 Å². The van der Waals surface area contributed by atoms with E-state index in [4.69, 9.17) is 9.47 Å². The average molecular weight is 358 g/mol. The van der Waals surface area contributed by atoms with Gasteiger partial charge in [0.25, 0.3) is 5.91 Å². The quantitative estimate of drug-likeness (QED) is 0.758. The minimum atomic E-state index is 0.0115. The molecule has 0 saturated carbocycles. The van der Waals surface area contributed by atoms with Gasteiger partial charge in [0.1, 0.15) is 11.5 Å². The van der Waals surface area contributed by atoms with Crippen molar-refractivity contribution < 1.29 is 14.3 Å². The second-order valence-electron chi connectivity index (χ2n) is 6.07. The molecule has 0 atom stereocenters. The first-order valence-electron chi connectivity index (χ1n) is 9.10. The summed E-state index contributed by atoms with van der Waals surface area (Å²) in [5.74, 6) is 2.46. The van der Waals surface area contributed by atoms with Crippen LogP contribution in [0.5, 0.6) is 11.5 Å². The van der Waals surface area contributed by atoms with Crippen LogP contribution in [0.1, 0.15) is 13.8 Å². The Labute approximate surface area is 154 Å². The van der Waals surface area contributed by atoms with Crippen LogP contribution in [-0.4, -0.2) is 59.8 Å². The van der Waals surface area contributed by atoms with Gasteiger partial charge in [-0.3, -0.25) is 4.79 Å². The van der Waals surface area contributed by atoms with Gasteiger partial charge in [-0.15, -0.1) is 0 Å². The first kappa shape index (κ1) is 18.1. The van der Waals surface area contributed by atoms with E-state index in [9.17, 15) is 4.79 Å². The van der Waals surface area contributed by atoms with E-state index in [0.29, 0.717) is 25.4 Å². The molecule has 140 valence electrons. The molecule has 1 aromatic carbocycles. The number of aromatic nitrogens is 2. The van der Waals surface area contributed by atoms with Gasteiger partial charge in [-0.2, -0.15) is 0 Å². The van der Waals surface area contributed by atoms with E-state index >= 15 is 0 Å². The standard InChI is InChI=1S/C19H26N4O3/c1-3-21-10-9-20-19(21)23-13-11-22(12-14-23)18(24)15-26-17-7-5-16(6-8-17)25-4-2/h5-10H,3-4,11-15H2,1-2H3. The Kier molecular flexibility index (Phi) is 5.99. The first-order valence-corrected chi connectivity index (χ1v) is 9.10. The highest BCUT2D eigenvalue weighted by atomic mass is 16.5. The van der Waals surface area contributed by atoms with Crippen LogP contribution in [0.2, 0.25) is 0 Å². The van der Waals surface area contributed by atoms with Gasteiger partial charge in [-0.25, -0.2) is 4.98 Å². The molecular formula is C19H26N4O3. The van der Waals surface area contributed by atoms with Crippen LogP contribution in [0.4, 0.5) is 5.95 Å². The molecule has 0 aliphatic carbocycles.